The standard InChI is InChI=1S/C15H21N5O2.C11H12ClN5O/c1-22-6-2-3-12-13-14(19-15(16)18-12)20(9-17-13)11-5-4-10(7-11)8-21;12-9-8-10(16-11(13)15-9)17(5-14-8)7-2-1-6(3-7)4-18/h4-5,9-11,21H,2-3,6-8H2,1H3,(H2,16,18,19);1-2,5-7,18H,3-4H2,(H2,13,15,16)/t10-,11+;6-,7+/m11/s1. The fraction of sp³-hybridized carbons (Fsp3) is 0.462. The predicted octanol–water partition coefficient (Wildman–Crippen LogP) is 2.27. The number of halogens is 1. The van der Waals surface area contributed by atoms with Crippen LogP contribution in [0.25, 0.3) is 22.3 Å². The summed E-state index contributed by atoms with van der Waals surface area (Å²) in [7, 11) is 1.68. The average Bonchev–Trinajstić information content (AvgIpc) is 3.74. The smallest absolute Gasteiger partial charge is 0.223 e. The number of hydrogen-bond donors (Lipinski definition) is 4. The minimum absolute atomic E-state index is 0.123. The van der Waals surface area contributed by atoms with Crippen LogP contribution in [0.2, 0.25) is 5.15 Å². The minimum atomic E-state index is 0.123. The second-order valence-electron chi connectivity index (χ2n) is 9.91. The number of imidazole rings is 2. The van der Waals surface area contributed by atoms with Gasteiger partial charge < -0.3 is 35.6 Å². The van der Waals surface area contributed by atoms with Crippen LogP contribution >= 0.6 is 11.6 Å². The number of aryl methyl sites for hydroxylation is 1. The zero-order valence-electron chi connectivity index (χ0n) is 22.1. The summed E-state index contributed by atoms with van der Waals surface area (Å²) in [5.41, 5.74) is 15.0. The van der Waals surface area contributed by atoms with E-state index in [1.807, 2.05) is 27.4 Å². The predicted molar refractivity (Wildman–Crippen MR) is 151 cm³/mol. The number of aliphatic hydroxyl groups excluding tert-OH is 2. The van der Waals surface area contributed by atoms with Crippen molar-refractivity contribution in [2.75, 3.05) is 38.4 Å². The molecule has 13 nitrogen and oxygen atoms in total. The molecule has 0 bridgehead atoms. The molecule has 0 unspecified atom stereocenters. The third-order valence-corrected chi connectivity index (χ3v) is 7.42. The van der Waals surface area contributed by atoms with Gasteiger partial charge >= 0.3 is 0 Å². The van der Waals surface area contributed by atoms with Crippen LogP contribution in [0.5, 0.6) is 0 Å². The molecule has 14 heteroatoms. The Kier molecular flexibility index (Phi) is 8.54. The van der Waals surface area contributed by atoms with Crippen molar-refractivity contribution in [2.45, 2.75) is 37.8 Å². The first-order valence-electron chi connectivity index (χ1n) is 13.1. The minimum Gasteiger partial charge on any atom is -0.396 e. The summed E-state index contributed by atoms with van der Waals surface area (Å²) >= 11 is 5.97. The van der Waals surface area contributed by atoms with Crippen LogP contribution in [0.1, 0.15) is 37.0 Å². The van der Waals surface area contributed by atoms with Crippen LogP contribution < -0.4 is 11.5 Å². The quantitative estimate of drug-likeness (QED) is 0.138. The maximum Gasteiger partial charge on any atom is 0.223 e. The van der Waals surface area contributed by atoms with E-state index in [1.54, 1.807) is 19.8 Å². The van der Waals surface area contributed by atoms with E-state index in [0.29, 0.717) is 17.8 Å². The van der Waals surface area contributed by atoms with Crippen LogP contribution in [-0.4, -0.2) is 76.2 Å². The van der Waals surface area contributed by atoms with Crippen LogP contribution in [0.15, 0.2) is 37.0 Å². The molecular formula is C26H33ClN10O3. The van der Waals surface area contributed by atoms with Crippen LogP contribution in [-0.2, 0) is 11.2 Å². The van der Waals surface area contributed by atoms with E-state index in [1.165, 1.54) is 0 Å². The second kappa shape index (κ2) is 12.3. The average molecular weight is 569 g/mol. The van der Waals surface area contributed by atoms with Crippen molar-refractivity contribution >= 4 is 45.8 Å². The molecule has 0 amide bonds. The van der Waals surface area contributed by atoms with Crippen molar-refractivity contribution in [1.82, 2.24) is 39.0 Å². The summed E-state index contributed by atoms with van der Waals surface area (Å²) < 4.78 is 9.00. The lowest BCUT2D eigenvalue weighted by Crippen LogP contribution is -2.09. The van der Waals surface area contributed by atoms with Crippen molar-refractivity contribution in [2.24, 2.45) is 11.8 Å². The van der Waals surface area contributed by atoms with Crippen LogP contribution in [0.3, 0.4) is 0 Å². The Morgan fingerprint density at radius 1 is 0.850 bits per heavy atom. The number of fused-ring (bicyclic) bond motifs is 2. The largest absolute Gasteiger partial charge is 0.396 e. The maximum atomic E-state index is 9.27. The molecule has 4 aromatic heterocycles. The molecule has 4 aromatic rings. The zero-order valence-corrected chi connectivity index (χ0v) is 22.9. The van der Waals surface area contributed by atoms with Gasteiger partial charge in [-0.25, -0.2) is 15.0 Å². The van der Waals surface area contributed by atoms with Crippen molar-refractivity contribution < 1.29 is 14.9 Å². The van der Waals surface area contributed by atoms with Crippen LogP contribution in [0, 0.1) is 11.8 Å². The van der Waals surface area contributed by atoms with Crippen molar-refractivity contribution in [1.29, 1.82) is 0 Å². The fourth-order valence-corrected chi connectivity index (χ4v) is 5.34. The number of anilines is 2. The van der Waals surface area contributed by atoms with Gasteiger partial charge in [-0.15, -0.1) is 0 Å². The molecule has 0 saturated heterocycles. The molecule has 0 aromatic carbocycles. The maximum absolute atomic E-state index is 9.27. The lowest BCUT2D eigenvalue weighted by atomic mass is 10.1. The van der Waals surface area contributed by atoms with Gasteiger partial charge in [0.25, 0.3) is 0 Å². The molecule has 0 fully saturated rings. The third kappa shape index (κ3) is 5.77. The summed E-state index contributed by atoms with van der Waals surface area (Å²) in [6.45, 7) is 0.992. The van der Waals surface area contributed by atoms with E-state index >= 15 is 0 Å². The highest BCUT2D eigenvalue weighted by Gasteiger charge is 2.24. The Morgan fingerprint density at radius 3 is 1.95 bits per heavy atom. The number of nitrogen functional groups attached to an aromatic ring is 2. The number of methoxy groups -OCH3 is 1. The Balaban J connectivity index is 0.000000164. The Bertz CT molecular complexity index is 1530. The molecule has 4 atom stereocenters. The van der Waals surface area contributed by atoms with E-state index in [2.05, 4.69) is 36.0 Å². The number of ether oxygens (including phenoxy) is 1. The van der Waals surface area contributed by atoms with E-state index in [4.69, 9.17) is 32.9 Å². The Hall–Kier alpha value is -3.65. The lowest BCUT2D eigenvalue weighted by Gasteiger charge is -2.13. The van der Waals surface area contributed by atoms with Gasteiger partial charge in [-0.05, 0) is 25.7 Å². The molecule has 0 spiro atoms. The molecule has 40 heavy (non-hydrogen) atoms. The van der Waals surface area contributed by atoms with Gasteiger partial charge in [-0.3, -0.25) is 0 Å². The Labute approximate surface area is 235 Å². The molecule has 2 aliphatic rings. The first-order chi connectivity index (χ1) is 19.4. The number of aromatic nitrogens is 8. The van der Waals surface area contributed by atoms with Gasteiger partial charge in [0.1, 0.15) is 11.0 Å². The van der Waals surface area contributed by atoms with Gasteiger partial charge in [0.15, 0.2) is 16.4 Å². The highest BCUT2D eigenvalue weighted by molar-refractivity contribution is 6.33. The molecule has 4 heterocycles. The fourth-order valence-electron chi connectivity index (χ4n) is 5.12. The number of allylic oxidation sites excluding steroid dienone is 2. The summed E-state index contributed by atoms with van der Waals surface area (Å²) in [5.74, 6) is 0.780. The molecule has 0 radical (unpaired) electrons. The van der Waals surface area contributed by atoms with Gasteiger partial charge in [0.05, 0.1) is 30.4 Å². The Morgan fingerprint density at radius 2 is 1.40 bits per heavy atom. The highest BCUT2D eigenvalue weighted by Crippen LogP contribution is 2.32. The highest BCUT2D eigenvalue weighted by atomic mass is 35.5. The summed E-state index contributed by atoms with van der Waals surface area (Å²) in [4.78, 5) is 25.4. The first kappa shape index (κ1) is 27.9. The number of nitrogens with two attached hydrogens (primary N) is 2. The van der Waals surface area contributed by atoms with Gasteiger partial charge in [0, 0.05) is 38.8 Å². The van der Waals surface area contributed by atoms with Crippen LogP contribution in [0.4, 0.5) is 11.9 Å². The van der Waals surface area contributed by atoms with E-state index in [0.717, 1.165) is 42.5 Å². The molecule has 6 rings (SSSR count). The number of nitrogens with zero attached hydrogens (tertiary/aromatic N) is 8. The number of aliphatic hydroxyl groups is 2. The zero-order chi connectivity index (χ0) is 28.2. The van der Waals surface area contributed by atoms with Crippen molar-refractivity contribution in [3.63, 3.8) is 0 Å². The third-order valence-electron chi connectivity index (χ3n) is 7.15. The van der Waals surface area contributed by atoms with Gasteiger partial charge in [-0.1, -0.05) is 35.9 Å². The van der Waals surface area contributed by atoms with Crippen molar-refractivity contribution in [3.05, 3.63) is 47.8 Å². The molecule has 6 N–H and O–H groups in total. The number of hydrogen-bond acceptors (Lipinski definition) is 11. The number of rotatable bonds is 8. The molecule has 0 aliphatic heterocycles. The lowest BCUT2D eigenvalue weighted by molar-refractivity contribution is 0.195. The van der Waals surface area contributed by atoms with Gasteiger partial charge in [-0.2, -0.15) is 15.0 Å². The molecule has 212 valence electrons. The second-order valence-corrected chi connectivity index (χ2v) is 10.3. The van der Waals surface area contributed by atoms with Crippen molar-refractivity contribution in [3.8, 4) is 0 Å². The molecular weight excluding hydrogens is 536 g/mol. The van der Waals surface area contributed by atoms with Gasteiger partial charge in [0.2, 0.25) is 11.9 Å². The molecule has 0 saturated carbocycles. The summed E-state index contributed by atoms with van der Waals surface area (Å²) in [6.07, 6.45) is 14.9. The topological polar surface area (TPSA) is 189 Å². The summed E-state index contributed by atoms with van der Waals surface area (Å²) in [5, 5.41) is 18.7. The van der Waals surface area contributed by atoms with E-state index in [-0.39, 0.29) is 54.2 Å². The normalized spacial score (nSPS) is 21.9. The molecule has 2 aliphatic carbocycles. The first-order valence-corrected chi connectivity index (χ1v) is 13.5. The summed E-state index contributed by atoms with van der Waals surface area (Å²) in [6, 6.07) is 0.279. The van der Waals surface area contributed by atoms with E-state index in [9.17, 15) is 5.11 Å². The monoisotopic (exact) mass is 568 g/mol. The van der Waals surface area contributed by atoms with E-state index < -0.39 is 0 Å². The SMILES string of the molecule is COCCCc1nc(N)nc2c1ncn2[C@H]1C=C[C@@H](CO)C1.Nc1nc(Cl)c2ncn([C@H]3C=C[C@@H](CO)C3)c2n1.